The molecular formula is C12H18N2O3. The molecule has 1 unspecified atom stereocenters. The van der Waals surface area contributed by atoms with Crippen LogP contribution in [0.15, 0.2) is 18.2 Å². The van der Waals surface area contributed by atoms with Gasteiger partial charge in [0.25, 0.3) is 5.91 Å². The minimum Gasteiger partial charge on any atom is -0.399 e. The number of methoxy groups -OCH3 is 1. The predicted molar refractivity (Wildman–Crippen MR) is 65.8 cm³/mol. The number of nitrogens with one attached hydrogen (secondary N) is 1. The van der Waals surface area contributed by atoms with Crippen LogP contribution in [0.25, 0.3) is 0 Å². The molecule has 1 aromatic rings. The van der Waals surface area contributed by atoms with Gasteiger partial charge in [-0.3, -0.25) is 4.79 Å². The average Bonchev–Trinajstić information content (AvgIpc) is 2.27. The molecule has 0 fully saturated rings. The number of ether oxygens (including phenoxy) is 1. The lowest BCUT2D eigenvalue weighted by Crippen LogP contribution is -2.40. The zero-order valence-electron chi connectivity index (χ0n) is 10.1. The van der Waals surface area contributed by atoms with E-state index in [1.54, 1.807) is 18.2 Å². The second-order valence-corrected chi connectivity index (χ2v) is 3.94. The molecule has 0 aliphatic rings. The lowest BCUT2D eigenvalue weighted by Gasteiger charge is -2.15. The van der Waals surface area contributed by atoms with Gasteiger partial charge in [0.05, 0.1) is 19.3 Å². The lowest BCUT2D eigenvalue weighted by atomic mass is 10.1. The van der Waals surface area contributed by atoms with Crippen LogP contribution >= 0.6 is 0 Å². The van der Waals surface area contributed by atoms with E-state index in [4.69, 9.17) is 15.6 Å². The van der Waals surface area contributed by atoms with Crippen molar-refractivity contribution in [1.29, 1.82) is 0 Å². The standard InChI is InChI=1S/C12H18N2O3/c1-8-3-9(5-10(13)4-8)12(16)14-11(6-15)7-17-2/h3-5,11,15H,6-7,13H2,1-2H3,(H,14,16). The maximum absolute atomic E-state index is 11.9. The van der Waals surface area contributed by atoms with Gasteiger partial charge in [0.1, 0.15) is 0 Å². The second kappa shape index (κ2) is 6.22. The number of hydrogen-bond acceptors (Lipinski definition) is 4. The molecule has 0 saturated heterocycles. The van der Waals surface area contributed by atoms with Gasteiger partial charge >= 0.3 is 0 Å². The predicted octanol–water partition coefficient (Wildman–Crippen LogP) is 0.314. The summed E-state index contributed by atoms with van der Waals surface area (Å²) in [5.41, 5.74) is 7.61. The number of nitrogens with two attached hydrogens (primary N) is 1. The average molecular weight is 238 g/mol. The Morgan fingerprint density at radius 3 is 2.76 bits per heavy atom. The summed E-state index contributed by atoms with van der Waals surface area (Å²) in [7, 11) is 1.51. The summed E-state index contributed by atoms with van der Waals surface area (Å²) < 4.78 is 4.88. The van der Waals surface area contributed by atoms with E-state index in [0.29, 0.717) is 11.3 Å². The molecule has 0 heterocycles. The first kappa shape index (κ1) is 13.5. The van der Waals surface area contributed by atoms with Crippen molar-refractivity contribution in [2.45, 2.75) is 13.0 Å². The van der Waals surface area contributed by atoms with Crippen molar-refractivity contribution in [3.8, 4) is 0 Å². The zero-order valence-corrected chi connectivity index (χ0v) is 10.1. The summed E-state index contributed by atoms with van der Waals surface area (Å²) in [6, 6.07) is 4.72. The molecule has 94 valence electrons. The number of amides is 1. The summed E-state index contributed by atoms with van der Waals surface area (Å²) in [5.74, 6) is -0.267. The van der Waals surface area contributed by atoms with Crippen molar-refractivity contribution >= 4 is 11.6 Å². The molecule has 17 heavy (non-hydrogen) atoms. The number of anilines is 1. The van der Waals surface area contributed by atoms with E-state index in [9.17, 15) is 4.79 Å². The van der Waals surface area contributed by atoms with E-state index < -0.39 is 6.04 Å². The Labute approximate surface area is 101 Å². The van der Waals surface area contributed by atoms with Crippen molar-refractivity contribution in [2.75, 3.05) is 26.1 Å². The summed E-state index contributed by atoms with van der Waals surface area (Å²) in [4.78, 5) is 11.9. The van der Waals surface area contributed by atoms with E-state index in [-0.39, 0.29) is 19.1 Å². The van der Waals surface area contributed by atoms with E-state index in [1.165, 1.54) is 7.11 Å². The molecule has 4 N–H and O–H groups in total. The highest BCUT2D eigenvalue weighted by molar-refractivity contribution is 5.95. The van der Waals surface area contributed by atoms with Gasteiger partial charge in [-0.05, 0) is 30.7 Å². The molecule has 1 rings (SSSR count). The molecule has 1 amide bonds. The third-order valence-corrected chi connectivity index (χ3v) is 2.29. The first-order valence-electron chi connectivity index (χ1n) is 5.34. The summed E-state index contributed by atoms with van der Waals surface area (Å²) in [6.45, 7) is 1.97. The van der Waals surface area contributed by atoms with Crippen LogP contribution in [0, 0.1) is 6.92 Å². The van der Waals surface area contributed by atoms with Crippen LogP contribution in [0.2, 0.25) is 0 Å². The van der Waals surface area contributed by atoms with Crippen molar-refractivity contribution < 1.29 is 14.6 Å². The fraction of sp³-hybridized carbons (Fsp3) is 0.417. The van der Waals surface area contributed by atoms with Gasteiger partial charge < -0.3 is 20.9 Å². The van der Waals surface area contributed by atoms with E-state index in [1.807, 2.05) is 6.92 Å². The van der Waals surface area contributed by atoms with Gasteiger partial charge in [-0.15, -0.1) is 0 Å². The van der Waals surface area contributed by atoms with Crippen molar-refractivity contribution in [1.82, 2.24) is 5.32 Å². The molecule has 1 aromatic carbocycles. The van der Waals surface area contributed by atoms with Crippen molar-refractivity contribution in [3.63, 3.8) is 0 Å². The molecule has 0 aromatic heterocycles. The number of rotatable bonds is 5. The molecule has 0 saturated carbocycles. The second-order valence-electron chi connectivity index (χ2n) is 3.94. The summed E-state index contributed by atoms with van der Waals surface area (Å²) in [6.07, 6.45) is 0. The number of carbonyl (C=O) groups is 1. The Hall–Kier alpha value is -1.59. The molecule has 0 spiro atoms. The number of carbonyl (C=O) groups excluding carboxylic acids is 1. The van der Waals surface area contributed by atoms with Crippen molar-refractivity contribution in [3.05, 3.63) is 29.3 Å². The van der Waals surface area contributed by atoms with Gasteiger partial charge in [-0.1, -0.05) is 0 Å². The third-order valence-electron chi connectivity index (χ3n) is 2.29. The van der Waals surface area contributed by atoms with Gasteiger partial charge in [-0.25, -0.2) is 0 Å². The van der Waals surface area contributed by atoms with Crippen LogP contribution in [-0.2, 0) is 4.74 Å². The topological polar surface area (TPSA) is 84.6 Å². The molecule has 5 heteroatoms. The Morgan fingerprint density at radius 2 is 2.24 bits per heavy atom. The monoisotopic (exact) mass is 238 g/mol. The smallest absolute Gasteiger partial charge is 0.251 e. The Balaban J connectivity index is 2.75. The van der Waals surface area contributed by atoms with Crippen LogP contribution in [0.1, 0.15) is 15.9 Å². The number of benzene rings is 1. The maximum Gasteiger partial charge on any atom is 0.251 e. The first-order valence-corrected chi connectivity index (χ1v) is 5.34. The van der Waals surface area contributed by atoms with Crippen LogP contribution < -0.4 is 11.1 Å². The SMILES string of the molecule is COCC(CO)NC(=O)c1cc(C)cc(N)c1. The lowest BCUT2D eigenvalue weighted by molar-refractivity contribution is 0.0839. The molecule has 0 bridgehead atoms. The normalized spacial score (nSPS) is 12.2. The fourth-order valence-corrected chi connectivity index (χ4v) is 1.55. The zero-order chi connectivity index (χ0) is 12.8. The van der Waals surface area contributed by atoms with E-state index in [2.05, 4.69) is 5.32 Å². The Morgan fingerprint density at radius 1 is 1.53 bits per heavy atom. The quantitative estimate of drug-likeness (QED) is 0.645. The summed E-state index contributed by atoms with van der Waals surface area (Å²) >= 11 is 0. The maximum atomic E-state index is 11.9. The first-order chi connectivity index (χ1) is 8.06. The van der Waals surface area contributed by atoms with Gasteiger partial charge in [-0.2, -0.15) is 0 Å². The highest BCUT2D eigenvalue weighted by Gasteiger charge is 2.13. The van der Waals surface area contributed by atoms with Gasteiger partial charge in [0.2, 0.25) is 0 Å². The minimum absolute atomic E-state index is 0.166. The highest BCUT2D eigenvalue weighted by Crippen LogP contribution is 2.11. The fourth-order valence-electron chi connectivity index (χ4n) is 1.55. The third kappa shape index (κ3) is 4.05. The molecular weight excluding hydrogens is 220 g/mol. The Bertz CT molecular complexity index is 373. The molecule has 0 aliphatic heterocycles. The van der Waals surface area contributed by atoms with Crippen LogP contribution in [0.4, 0.5) is 5.69 Å². The molecule has 5 nitrogen and oxygen atoms in total. The Kier molecular flexibility index (Phi) is 4.93. The number of aliphatic hydroxyl groups is 1. The largest absolute Gasteiger partial charge is 0.399 e. The molecule has 0 aliphatic carbocycles. The van der Waals surface area contributed by atoms with Crippen LogP contribution in [0.3, 0.4) is 0 Å². The van der Waals surface area contributed by atoms with Crippen molar-refractivity contribution in [2.24, 2.45) is 0 Å². The van der Waals surface area contributed by atoms with Gasteiger partial charge in [0.15, 0.2) is 0 Å². The number of aliphatic hydroxyl groups excluding tert-OH is 1. The van der Waals surface area contributed by atoms with Crippen LogP contribution in [0.5, 0.6) is 0 Å². The van der Waals surface area contributed by atoms with E-state index in [0.717, 1.165) is 5.56 Å². The van der Waals surface area contributed by atoms with Gasteiger partial charge in [0, 0.05) is 18.4 Å². The molecule has 1 atom stereocenters. The van der Waals surface area contributed by atoms with Crippen LogP contribution in [-0.4, -0.2) is 37.4 Å². The highest BCUT2D eigenvalue weighted by atomic mass is 16.5. The summed E-state index contributed by atoms with van der Waals surface area (Å²) in [5, 5.41) is 11.7. The molecule has 0 radical (unpaired) electrons. The number of hydrogen-bond donors (Lipinski definition) is 3. The van der Waals surface area contributed by atoms with E-state index >= 15 is 0 Å². The number of aryl methyl sites for hydroxylation is 1. The number of nitrogen functional groups attached to an aromatic ring is 1. The minimum atomic E-state index is -0.408.